The molecule has 0 atom stereocenters. The van der Waals surface area contributed by atoms with Gasteiger partial charge in [0, 0.05) is 24.3 Å². The Bertz CT molecular complexity index is 671. The van der Waals surface area contributed by atoms with Gasteiger partial charge in [0.05, 0.1) is 0 Å². The van der Waals surface area contributed by atoms with E-state index in [1.54, 1.807) is 0 Å². The van der Waals surface area contributed by atoms with E-state index in [0.29, 0.717) is 13.0 Å². The average molecular weight is 310 g/mol. The van der Waals surface area contributed by atoms with Crippen molar-refractivity contribution < 1.29 is 4.79 Å². The van der Waals surface area contributed by atoms with E-state index in [4.69, 9.17) is 0 Å². The van der Waals surface area contributed by atoms with Crippen LogP contribution in [-0.4, -0.2) is 12.5 Å². The Balaban J connectivity index is 1.91. The molecule has 0 aliphatic heterocycles. The molecule has 0 aromatic heterocycles. The van der Waals surface area contributed by atoms with Gasteiger partial charge in [0.1, 0.15) is 0 Å². The van der Waals surface area contributed by atoms with Crippen molar-refractivity contribution >= 4 is 17.3 Å². The lowest BCUT2D eigenvalue weighted by atomic mass is 9.86. The zero-order chi connectivity index (χ0) is 16.9. The fraction of sp³-hybridized carbons (Fsp3) is 0.350. The van der Waals surface area contributed by atoms with Crippen molar-refractivity contribution in [3.05, 3.63) is 59.7 Å². The van der Waals surface area contributed by atoms with Crippen LogP contribution in [0.5, 0.6) is 0 Å². The average Bonchev–Trinajstić information content (AvgIpc) is 2.49. The lowest BCUT2D eigenvalue weighted by Gasteiger charge is -2.23. The third-order valence-electron chi connectivity index (χ3n) is 3.82. The van der Waals surface area contributed by atoms with Crippen molar-refractivity contribution in [3.63, 3.8) is 0 Å². The lowest BCUT2D eigenvalue weighted by Crippen LogP contribution is -2.19. The Morgan fingerprint density at radius 1 is 0.957 bits per heavy atom. The van der Waals surface area contributed by atoms with Gasteiger partial charge in [0.25, 0.3) is 0 Å². The van der Waals surface area contributed by atoms with Crippen LogP contribution in [0.25, 0.3) is 0 Å². The molecule has 2 aromatic rings. The van der Waals surface area contributed by atoms with Crippen molar-refractivity contribution in [2.45, 2.75) is 39.5 Å². The zero-order valence-electron chi connectivity index (χ0n) is 14.4. The summed E-state index contributed by atoms with van der Waals surface area (Å²) in [6.45, 7) is 9.19. The highest BCUT2D eigenvalue weighted by atomic mass is 16.1. The number of carbonyl (C=O) groups is 1. The molecule has 0 aliphatic carbocycles. The first-order valence-electron chi connectivity index (χ1n) is 8.07. The number of aryl methyl sites for hydroxylation is 1. The van der Waals surface area contributed by atoms with Gasteiger partial charge in [-0.05, 0) is 35.6 Å². The van der Waals surface area contributed by atoms with Gasteiger partial charge in [0.2, 0.25) is 5.91 Å². The fourth-order valence-electron chi connectivity index (χ4n) is 2.53. The molecule has 0 spiro atoms. The van der Waals surface area contributed by atoms with Crippen molar-refractivity contribution in [1.82, 2.24) is 0 Å². The van der Waals surface area contributed by atoms with Gasteiger partial charge in [-0.3, -0.25) is 4.79 Å². The van der Waals surface area contributed by atoms with Crippen LogP contribution >= 0.6 is 0 Å². The van der Waals surface area contributed by atoms with Crippen molar-refractivity contribution in [2.75, 3.05) is 17.2 Å². The molecule has 2 aromatic carbocycles. The number of rotatable bonds is 5. The Morgan fingerprint density at radius 3 is 2.22 bits per heavy atom. The topological polar surface area (TPSA) is 41.1 Å². The lowest BCUT2D eigenvalue weighted by molar-refractivity contribution is -0.115. The number of hydrogen-bond donors (Lipinski definition) is 2. The molecule has 0 unspecified atom stereocenters. The molecule has 0 saturated carbocycles. The van der Waals surface area contributed by atoms with Crippen molar-refractivity contribution in [1.29, 1.82) is 0 Å². The molecule has 0 fully saturated rings. The summed E-state index contributed by atoms with van der Waals surface area (Å²) in [5, 5.41) is 6.35. The largest absolute Gasteiger partial charge is 0.384 e. The minimum Gasteiger partial charge on any atom is -0.384 e. The summed E-state index contributed by atoms with van der Waals surface area (Å²) in [7, 11) is 0. The third kappa shape index (κ3) is 4.85. The smallest absolute Gasteiger partial charge is 0.226 e. The van der Waals surface area contributed by atoms with Crippen LogP contribution in [0.4, 0.5) is 11.4 Å². The van der Waals surface area contributed by atoms with Crippen LogP contribution in [0.3, 0.4) is 0 Å². The van der Waals surface area contributed by atoms with Gasteiger partial charge in [-0.2, -0.15) is 0 Å². The third-order valence-corrected chi connectivity index (χ3v) is 3.82. The van der Waals surface area contributed by atoms with Crippen LogP contribution in [0.1, 0.15) is 38.3 Å². The highest BCUT2D eigenvalue weighted by Crippen LogP contribution is 2.29. The summed E-state index contributed by atoms with van der Waals surface area (Å²) in [6, 6.07) is 16.1. The number of anilines is 2. The second-order valence-corrected chi connectivity index (χ2v) is 6.84. The van der Waals surface area contributed by atoms with E-state index in [0.717, 1.165) is 16.9 Å². The maximum Gasteiger partial charge on any atom is 0.226 e. The van der Waals surface area contributed by atoms with Gasteiger partial charge in [-0.1, -0.05) is 57.2 Å². The molecule has 2 N–H and O–H groups in total. The standard InChI is InChI=1S/C20H26N2O/c1-15-9-5-7-11-17(15)22-19(23)13-14-21-18-12-8-6-10-16(18)20(2,3)4/h5-12,21H,13-14H2,1-4H3,(H,22,23). The molecule has 0 saturated heterocycles. The van der Waals surface area contributed by atoms with E-state index in [-0.39, 0.29) is 11.3 Å². The summed E-state index contributed by atoms with van der Waals surface area (Å²) >= 11 is 0. The van der Waals surface area contributed by atoms with Gasteiger partial charge in [-0.15, -0.1) is 0 Å². The Labute approximate surface area is 139 Å². The van der Waals surface area contributed by atoms with Gasteiger partial charge in [0.15, 0.2) is 0 Å². The summed E-state index contributed by atoms with van der Waals surface area (Å²) in [6.07, 6.45) is 0.437. The number of carbonyl (C=O) groups excluding carboxylic acids is 1. The van der Waals surface area contributed by atoms with E-state index in [2.05, 4.69) is 49.6 Å². The number of para-hydroxylation sites is 2. The predicted molar refractivity (Wildman–Crippen MR) is 98.1 cm³/mol. The van der Waals surface area contributed by atoms with Crippen LogP contribution < -0.4 is 10.6 Å². The Morgan fingerprint density at radius 2 is 1.57 bits per heavy atom. The molecule has 0 radical (unpaired) electrons. The molecular weight excluding hydrogens is 284 g/mol. The molecule has 0 aliphatic rings. The molecule has 1 amide bonds. The van der Waals surface area contributed by atoms with Crippen LogP contribution in [0.2, 0.25) is 0 Å². The monoisotopic (exact) mass is 310 g/mol. The Hall–Kier alpha value is -2.29. The van der Waals surface area contributed by atoms with Gasteiger partial charge in [-0.25, -0.2) is 0 Å². The second kappa shape index (κ2) is 7.32. The van der Waals surface area contributed by atoms with Crippen LogP contribution in [-0.2, 0) is 10.2 Å². The fourth-order valence-corrected chi connectivity index (χ4v) is 2.53. The summed E-state index contributed by atoms with van der Waals surface area (Å²) < 4.78 is 0. The molecule has 0 heterocycles. The second-order valence-electron chi connectivity index (χ2n) is 6.84. The van der Waals surface area contributed by atoms with E-state index in [9.17, 15) is 4.79 Å². The first kappa shape index (κ1) is 17.1. The number of amides is 1. The molecule has 2 rings (SSSR count). The van der Waals surface area contributed by atoms with E-state index >= 15 is 0 Å². The normalized spacial score (nSPS) is 11.1. The predicted octanol–water partition coefficient (Wildman–Crippen LogP) is 4.73. The first-order valence-corrected chi connectivity index (χ1v) is 8.07. The maximum atomic E-state index is 12.1. The molecule has 122 valence electrons. The van der Waals surface area contributed by atoms with E-state index < -0.39 is 0 Å². The summed E-state index contributed by atoms with van der Waals surface area (Å²) in [5.74, 6) is 0.0278. The quantitative estimate of drug-likeness (QED) is 0.838. The molecule has 3 nitrogen and oxygen atoms in total. The Kier molecular flexibility index (Phi) is 5.43. The molecule has 0 bridgehead atoms. The van der Waals surface area contributed by atoms with Gasteiger partial charge >= 0.3 is 0 Å². The summed E-state index contributed by atoms with van der Waals surface area (Å²) in [5.41, 5.74) is 4.40. The van der Waals surface area contributed by atoms with E-state index in [1.165, 1.54) is 5.56 Å². The van der Waals surface area contributed by atoms with Crippen molar-refractivity contribution in [3.8, 4) is 0 Å². The number of nitrogens with one attached hydrogen (secondary N) is 2. The highest BCUT2D eigenvalue weighted by molar-refractivity contribution is 5.91. The molecule has 3 heteroatoms. The zero-order valence-corrected chi connectivity index (χ0v) is 14.4. The van der Waals surface area contributed by atoms with E-state index in [1.807, 2.05) is 37.3 Å². The number of benzene rings is 2. The van der Waals surface area contributed by atoms with Gasteiger partial charge < -0.3 is 10.6 Å². The maximum absolute atomic E-state index is 12.1. The first-order chi connectivity index (χ1) is 10.9. The SMILES string of the molecule is Cc1ccccc1NC(=O)CCNc1ccccc1C(C)(C)C. The number of hydrogen-bond acceptors (Lipinski definition) is 2. The minimum absolute atomic E-state index is 0.0278. The van der Waals surface area contributed by atoms with Crippen LogP contribution in [0, 0.1) is 6.92 Å². The summed E-state index contributed by atoms with van der Waals surface area (Å²) in [4.78, 5) is 12.1. The molecule has 23 heavy (non-hydrogen) atoms. The van der Waals surface area contributed by atoms with Crippen LogP contribution in [0.15, 0.2) is 48.5 Å². The molecular formula is C20H26N2O. The van der Waals surface area contributed by atoms with Crippen molar-refractivity contribution in [2.24, 2.45) is 0 Å². The highest BCUT2D eigenvalue weighted by Gasteiger charge is 2.17. The minimum atomic E-state index is 0.0278.